The molecule has 1 atom stereocenters. The topological polar surface area (TPSA) is 76.2 Å². The molecule has 7 heteroatoms. The maximum absolute atomic E-state index is 12.9. The molecule has 4 rings (SSSR count). The van der Waals surface area contributed by atoms with Gasteiger partial charge in [0.1, 0.15) is 5.76 Å². The number of para-hydroxylation sites is 1. The van der Waals surface area contributed by atoms with Crippen LogP contribution in [0, 0.1) is 6.92 Å². The Morgan fingerprint density at radius 2 is 2.12 bits per heavy atom. The third kappa shape index (κ3) is 3.20. The Labute approximate surface area is 151 Å². The van der Waals surface area contributed by atoms with Gasteiger partial charge in [-0.1, -0.05) is 18.2 Å². The normalized spacial score (nSPS) is 16.8. The molecule has 1 unspecified atom stereocenters. The molecule has 1 amide bonds. The number of likely N-dealkylation sites (tertiary alicyclic amines) is 1. The first kappa shape index (κ1) is 16.4. The van der Waals surface area contributed by atoms with Crippen molar-refractivity contribution in [2.24, 2.45) is 7.05 Å². The van der Waals surface area contributed by atoms with Crippen LogP contribution in [0.25, 0.3) is 11.5 Å². The maximum atomic E-state index is 12.9. The summed E-state index contributed by atoms with van der Waals surface area (Å²) >= 11 is 0. The van der Waals surface area contributed by atoms with Gasteiger partial charge in [-0.15, -0.1) is 0 Å². The molecule has 0 radical (unpaired) electrons. The molecule has 134 valence electrons. The molecule has 1 saturated heterocycles. The molecular formula is C19H21N5O2. The minimum atomic E-state index is -0.0845. The van der Waals surface area contributed by atoms with Crippen molar-refractivity contribution in [1.29, 1.82) is 0 Å². The van der Waals surface area contributed by atoms with E-state index in [4.69, 9.17) is 4.42 Å². The molecule has 0 spiro atoms. The summed E-state index contributed by atoms with van der Waals surface area (Å²) < 4.78 is 7.37. The fraction of sp³-hybridized carbons (Fsp3) is 0.316. The third-order valence-electron chi connectivity index (χ3n) is 4.57. The summed E-state index contributed by atoms with van der Waals surface area (Å²) in [5.74, 6) is 0.879. The number of hydrogen-bond donors (Lipinski definition) is 1. The van der Waals surface area contributed by atoms with Crippen molar-refractivity contribution in [3.8, 4) is 11.5 Å². The standard InChI is InChI=1S/C19H21N5O2/c1-13-17(22-18(26-13)14-10-20-23(2)11-14)19(25)24-9-8-16(12-24)21-15-6-4-3-5-7-15/h3-7,10-11,16,21H,8-9,12H2,1-2H3. The van der Waals surface area contributed by atoms with Crippen LogP contribution in [-0.4, -0.2) is 44.7 Å². The number of nitrogens with zero attached hydrogens (tertiary/aromatic N) is 4. The summed E-state index contributed by atoms with van der Waals surface area (Å²) in [6.45, 7) is 3.13. The number of aromatic nitrogens is 3. The molecule has 7 nitrogen and oxygen atoms in total. The van der Waals surface area contributed by atoms with Crippen LogP contribution in [-0.2, 0) is 7.05 Å². The summed E-state index contributed by atoms with van der Waals surface area (Å²) in [4.78, 5) is 19.1. The van der Waals surface area contributed by atoms with Crippen LogP contribution in [0.2, 0.25) is 0 Å². The third-order valence-corrected chi connectivity index (χ3v) is 4.57. The van der Waals surface area contributed by atoms with Gasteiger partial charge in [0.05, 0.1) is 11.8 Å². The van der Waals surface area contributed by atoms with Crippen molar-refractivity contribution in [2.45, 2.75) is 19.4 Å². The molecule has 1 aliphatic rings. The maximum Gasteiger partial charge on any atom is 0.276 e. The monoisotopic (exact) mass is 351 g/mol. The molecule has 3 heterocycles. The van der Waals surface area contributed by atoms with E-state index in [9.17, 15) is 4.79 Å². The number of hydrogen-bond acceptors (Lipinski definition) is 5. The number of carbonyl (C=O) groups is 1. The second kappa shape index (κ2) is 6.67. The molecule has 0 aliphatic carbocycles. The lowest BCUT2D eigenvalue weighted by atomic mass is 10.2. The van der Waals surface area contributed by atoms with Crippen molar-refractivity contribution in [3.05, 3.63) is 54.2 Å². The minimum Gasteiger partial charge on any atom is -0.440 e. The summed E-state index contributed by atoms with van der Waals surface area (Å²) in [7, 11) is 1.83. The molecule has 1 aromatic carbocycles. The van der Waals surface area contributed by atoms with Crippen molar-refractivity contribution >= 4 is 11.6 Å². The zero-order valence-corrected chi connectivity index (χ0v) is 14.8. The van der Waals surface area contributed by atoms with E-state index in [2.05, 4.69) is 15.4 Å². The Hall–Kier alpha value is -3.09. The summed E-state index contributed by atoms with van der Waals surface area (Å²) in [5, 5.41) is 7.59. The number of benzene rings is 1. The highest BCUT2D eigenvalue weighted by Crippen LogP contribution is 2.24. The van der Waals surface area contributed by atoms with Crippen LogP contribution in [0.5, 0.6) is 0 Å². The molecular weight excluding hydrogens is 330 g/mol. The first-order valence-corrected chi connectivity index (χ1v) is 8.67. The van der Waals surface area contributed by atoms with Gasteiger partial charge in [-0.05, 0) is 25.5 Å². The molecule has 26 heavy (non-hydrogen) atoms. The number of anilines is 1. The van der Waals surface area contributed by atoms with Gasteiger partial charge in [0.25, 0.3) is 5.91 Å². The lowest BCUT2D eigenvalue weighted by Gasteiger charge is -2.17. The highest BCUT2D eigenvalue weighted by molar-refractivity contribution is 5.94. The van der Waals surface area contributed by atoms with Gasteiger partial charge in [-0.25, -0.2) is 4.98 Å². The second-order valence-electron chi connectivity index (χ2n) is 6.57. The van der Waals surface area contributed by atoms with E-state index in [1.165, 1.54) is 0 Å². The largest absolute Gasteiger partial charge is 0.440 e. The average molecular weight is 351 g/mol. The number of rotatable bonds is 4. The Bertz CT molecular complexity index is 915. The van der Waals surface area contributed by atoms with Crippen LogP contribution in [0.15, 0.2) is 47.1 Å². The fourth-order valence-corrected chi connectivity index (χ4v) is 3.23. The smallest absolute Gasteiger partial charge is 0.276 e. The highest BCUT2D eigenvalue weighted by atomic mass is 16.4. The molecule has 0 bridgehead atoms. The summed E-state index contributed by atoms with van der Waals surface area (Å²) in [6, 6.07) is 10.3. The van der Waals surface area contributed by atoms with Gasteiger partial charge >= 0.3 is 0 Å². The average Bonchev–Trinajstić information content (AvgIpc) is 3.35. The summed E-state index contributed by atoms with van der Waals surface area (Å²) in [6.07, 6.45) is 4.40. The number of nitrogens with one attached hydrogen (secondary N) is 1. The van der Waals surface area contributed by atoms with Gasteiger partial charge < -0.3 is 14.6 Å². The Kier molecular flexibility index (Phi) is 4.20. The number of amides is 1. The second-order valence-corrected chi connectivity index (χ2v) is 6.57. The number of oxazole rings is 1. The van der Waals surface area contributed by atoms with Crippen LogP contribution in [0.4, 0.5) is 5.69 Å². The highest BCUT2D eigenvalue weighted by Gasteiger charge is 2.30. The van der Waals surface area contributed by atoms with Gasteiger partial charge in [-0.2, -0.15) is 5.10 Å². The quantitative estimate of drug-likeness (QED) is 0.782. The van der Waals surface area contributed by atoms with E-state index in [1.807, 2.05) is 48.5 Å². The summed E-state index contributed by atoms with van der Waals surface area (Å²) in [5.41, 5.74) is 2.21. The van der Waals surface area contributed by atoms with Gasteiger partial charge in [0, 0.05) is 38.1 Å². The molecule has 1 fully saturated rings. The van der Waals surface area contributed by atoms with Crippen molar-refractivity contribution in [3.63, 3.8) is 0 Å². The molecule has 1 aliphatic heterocycles. The minimum absolute atomic E-state index is 0.0845. The van der Waals surface area contributed by atoms with E-state index >= 15 is 0 Å². The van der Waals surface area contributed by atoms with Crippen LogP contribution >= 0.6 is 0 Å². The number of aryl methyl sites for hydroxylation is 2. The molecule has 3 aromatic rings. The van der Waals surface area contributed by atoms with Gasteiger partial charge in [0.15, 0.2) is 5.69 Å². The van der Waals surface area contributed by atoms with Crippen LogP contribution in [0.1, 0.15) is 22.7 Å². The van der Waals surface area contributed by atoms with Crippen LogP contribution in [0.3, 0.4) is 0 Å². The molecule has 1 N–H and O–H groups in total. The zero-order chi connectivity index (χ0) is 18.1. The molecule has 2 aromatic heterocycles. The first-order chi connectivity index (χ1) is 12.6. The fourth-order valence-electron chi connectivity index (χ4n) is 3.23. The first-order valence-electron chi connectivity index (χ1n) is 8.67. The number of carbonyl (C=O) groups excluding carboxylic acids is 1. The van der Waals surface area contributed by atoms with E-state index in [-0.39, 0.29) is 11.9 Å². The van der Waals surface area contributed by atoms with Gasteiger partial charge in [-0.3, -0.25) is 9.48 Å². The molecule has 0 saturated carbocycles. The lowest BCUT2D eigenvalue weighted by molar-refractivity contribution is 0.0785. The lowest BCUT2D eigenvalue weighted by Crippen LogP contribution is -2.32. The van der Waals surface area contributed by atoms with Crippen LogP contribution < -0.4 is 5.32 Å². The van der Waals surface area contributed by atoms with Crippen molar-refractivity contribution in [2.75, 3.05) is 18.4 Å². The van der Waals surface area contributed by atoms with Gasteiger partial charge in [0.2, 0.25) is 5.89 Å². The SMILES string of the molecule is Cc1oc(-c2cnn(C)c2)nc1C(=O)N1CCC(Nc2ccccc2)C1. The predicted molar refractivity (Wildman–Crippen MR) is 97.8 cm³/mol. The Balaban J connectivity index is 1.46. The Morgan fingerprint density at radius 3 is 2.85 bits per heavy atom. The van der Waals surface area contributed by atoms with Crippen molar-refractivity contribution in [1.82, 2.24) is 19.7 Å². The Morgan fingerprint density at radius 1 is 1.31 bits per heavy atom. The van der Waals surface area contributed by atoms with Crippen molar-refractivity contribution < 1.29 is 9.21 Å². The van der Waals surface area contributed by atoms with E-state index in [0.29, 0.717) is 30.4 Å². The predicted octanol–water partition coefficient (Wildman–Crippen LogP) is 2.71. The zero-order valence-electron chi connectivity index (χ0n) is 14.8. The van der Waals surface area contributed by atoms with E-state index in [1.54, 1.807) is 17.8 Å². The van der Waals surface area contributed by atoms with E-state index in [0.717, 1.165) is 17.7 Å². The van der Waals surface area contributed by atoms with E-state index < -0.39 is 0 Å².